The second-order valence-corrected chi connectivity index (χ2v) is 2.80. The Bertz CT molecular complexity index is 219. The molecule has 1 heterocycles. The number of rotatable bonds is 3. The van der Waals surface area contributed by atoms with Crippen LogP contribution in [0, 0.1) is 0 Å². The summed E-state index contributed by atoms with van der Waals surface area (Å²) in [6, 6.07) is -0.527. The standard InChI is InChI=1S/C7H12N2O4/c8-6(11)5-3-9-4(1-2-10)7(12)13-5/h4-5,9-10H,1-3H2,(H2,8,11). The van der Waals surface area contributed by atoms with Crippen LogP contribution in [0.15, 0.2) is 0 Å². The van der Waals surface area contributed by atoms with E-state index < -0.39 is 24.0 Å². The number of carbonyl (C=O) groups is 2. The number of primary amides is 1. The van der Waals surface area contributed by atoms with E-state index in [4.69, 9.17) is 15.6 Å². The fourth-order valence-corrected chi connectivity index (χ4v) is 1.10. The number of aliphatic hydroxyl groups is 1. The van der Waals surface area contributed by atoms with Gasteiger partial charge in [-0.3, -0.25) is 9.59 Å². The minimum Gasteiger partial charge on any atom is -0.450 e. The summed E-state index contributed by atoms with van der Waals surface area (Å²) in [4.78, 5) is 21.7. The van der Waals surface area contributed by atoms with Crippen molar-refractivity contribution in [3.63, 3.8) is 0 Å². The summed E-state index contributed by atoms with van der Waals surface area (Å²) in [7, 11) is 0. The summed E-state index contributed by atoms with van der Waals surface area (Å²) in [6.45, 7) is 0.111. The lowest BCUT2D eigenvalue weighted by Gasteiger charge is -2.26. The predicted octanol–water partition coefficient (Wildman–Crippen LogP) is -2.26. The molecule has 0 aromatic heterocycles. The first-order chi connectivity index (χ1) is 6.15. The molecule has 0 saturated carbocycles. The number of nitrogens with two attached hydrogens (primary N) is 1. The lowest BCUT2D eigenvalue weighted by Crippen LogP contribution is -2.54. The monoisotopic (exact) mass is 188 g/mol. The van der Waals surface area contributed by atoms with Gasteiger partial charge in [0.25, 0.3) is 5.91 Å². The third-order valence-corrected chi connectivity index (χ3v) is 1.83. The molecular weight excluding hydrogens is 176 g/mol. The number of hydrogen-bond acceptors (Lipinski definition) is 5. The summed E-state index contributed by atoms with van der Waals surface area (Å²) >= 11 is 0. The van der Waals surface area contributed by atoms with Crippen LogP contribution in [0.2, 0.25) is 0 Å². The Morgan fingerprint density at radius 1 is 1.77 bits per heavy atom. The molecular formula is C7H12N2O4. The number of ether oxygens (including phenoxy) is 1. The van der Waals surface area contributed by atoms with Gasteiger partial charge in [0.15, 0.2) is 6.10 Å². The minimum absolute atomic E-state index is 0.103. The third-order valence-electron chi connectivity index (χ3n) is 1.83. The highest BCUT2D eigenvalue weighted by atomic mass is 16.6. The quantitative estimate of drug-likeness (QED) is 0.434. The minimum atomic E-state index is -0.887. The van der Waals surface area contributed by atoms with Gasteiger partial charge in [-0.2, -0.15) is 0 Å². The number of aliphatic hydroxyl groups excluding tert-OH is 1. The van der Waals surface area contributed by atoms with E-state index in [0.717, 1.165) is 0 Å². The smallest absolute Gasteiger partial charge is 0.324 e. The van der Waals surface area contributed by atoms with Crippen molar-refractivity contribution in [2.75, 3.05) is 13.2 Å². The molecule has 0 spiro atoms. The molecule has 1 amide bonds. The Morgan fingerprint density at radius 2 is 2.46 bits per heavy atom. The van der Waals surface area contributed by atoms with E-state index in [1.54, 1.807) is 0 Å². The summed E-state index contributed by atoms with van der Waals surface area (Å²) in [5.41, 5.74) is 4.94. The molecule has 2 unspecified atom stereocenters. The highest BCUT2D eigenvalue weighted by Crippen LogP contribution is 2.05. The molecule has 74 valence electrons. The summed E-state index contributed by atoms with van der Waals surface area (Å²) in [5.74, 6) is -1.20. The Labute approximate surface area is 75.0 Å². The summed E-state index contributed by atoms with van der Waals surface area (Å²) in [6.07, 6.45) is -0.605. The van der Waals surface area contributed by atoms with Crippen molar-refractivity contribution < 1.29 is 19.4 Å². The lowest BCUT2D eigenvalue weighted by atomic mass is 10.1. The molecule has 1 fully saturated rings. The fourth-order valence-electron chi connectivity index (χ4n) is 1.10. The van der Waals surface area contributed by atoms with Gasteiger partial charge >= 0.3 is 5.97 Å². The molecule has 1 aliphatic rings. The van der Waals surface area contributed by atoms with Crippen molar-refractivity contribution in [2.45, 2.75) is 18.6 Å². The van der Waals surface area contributed by atoms with Gasteiger partial charge in [0.2, 0.25) is 0 Å². The number of amides is 1. The van der Waals surface area contributed by atoms with Gasteiger partial charge in [0.1, 0.15) is 6.04 Å². The zero-order valence-corrected chi connectivity index (χ0v) is 7.03. The Balaban J connectivity index is 2.46. The highest BCUT2D eigenvalue weighted by molar-refractivity contribution is 5.85. The molecule has 1 rings (SSSR count). The molecule has 2 atom stereocenters. The van der Waals surface area contributed by atoms with Crippen molar-refractivity contribution in [3.8, 4) is 0 Å². The van der Waals surface area contributed by atoms with Crippen LogP contribution in [0.4, 0.5) is 0 Å². The van der Waals surface area contributed by atoms with E-state index in [9.17, 15) is 9.59 Å². The molecule has 4 N–H and O–H groups in total. The first-order valence-electron chi connectivity index (χ1n) is 3.99. The third kappa shape index (κ3) is 2.40. The van der Waals surface area contributed by atoms with Gasteiger partial charge in [-0.05, 0) is 6.42 Å². The molecule has 0 radical (unpaired) electrons. The highest BCUT2D eigenvalue weighted by Gasteiger charge is 2.31. The molecule has 13 heavy (non-hydrogen) atoms. The normalized spacial score (nSPS) is 28.2. The van der Waals surface area contributed by atoms with Gasteiger partial charge in [-0.25, -0.2) is 0 Å². The molecule has 0 bridgehead atoms. The Morgan fingerprint density at radius 3 is 2.92 bits per heavy atom. The van der Waals surface area contributed by atoms with E-state index >= 15 is 0 Å². The number of morpholine rings is 1. The van der Waals surface area contributed by atoms with Crippen molar-refractivity contribution in [1.82, 2.24) is 5.32 Å². The summed E-state index contributed by atoms with van der Waals surface area (Å²) < 4.78 is 4.73. The average Bonchev–Trinajstić information content (AvgIpc) is 2.08. The second kappa shape index (κ2) is 4.20. The van der Waals surface area contributed by atoms with Crippen molar-refractivity contribution >= 4 is 11.9 Å². The number of carbonyl (C=O) groups excluding carboxylic acids is 2. The van der Waals surface area contributed by atoms with Crippen molar-refractivity contribution in [2.24, 2.45) is 5.73 Å². The van der Waals surface area contributed by atoms with Gasteiger partial charge < -0.3 is 20.9 Å². The van der Waals surface area contributed by atoms with Gasteiger partial charge in [0.05, 0.1) is 0 Å². The van der Waals surface area contributed by atoms with Crippen LogP contribution in [0.5, 0.6) is 0 Å². The molecule has 1 saturated heterocycles. The predicted molar refractivity (Wildman–Crippen MR) is 42.6 cm³/mol. The molecule has 0 aromatic rings. The van der Waals surface area contributed by atoms with Crippen molar-refractivity contribution in [3.05, 3.63) is 0 Å². The molecule has 6 heteroatoms. The Hall–Kier alpha value is -1.14. The van der Waals surface area contributed by atoms with Crippen LogP contribution in [0.3, 0.4) is 0 Å². The summed E-state index contributed by atoms with van der Waals surface area (Å²) in [5, 5.41) is 11.3. The lowest BCUT2D eigenvalue weighted by molar-refractivity contribution is -0.161. The fraction of sp³-hybridized carbons (Fsp3) is 0.714. The first-order valence-corrected chi connectivity index (χ1v) is 3.99. The van der Waals surface area contributed by atoms with E-state index in [0.29, 0.717) is 0 Å². The van der Waals surface area contributed by atoms with Crippen molar-refractivity contribution in [1.29, 1.82) is 0 Å². The molecule has 0 aliphatic carbocycles. The average molecular weight is 188 g/mol. The van der Waals surface area contributed by atoms with Crippen LogP contribution < -0.4 is 11.1 Å². The SMILES string of the molecule is NC(=O)C1CNC(CCO)C(=O)O1. The number of esters is 1. The maximum Gasteiger partial charge on any atom is 0.324 e. The van der Waals surface area contributed by atoms with Crippen LogP contribution in [-0.4, -0.2) is 42.3 Å². The van der Waals surface area contributed by atoms with Crippen LogP contribution in [0.1, 0.15) is 6.42 Å². The van der Waals surface area contributed by atoms with E-state index in [2.05, 4.69) is 5.32 Å². The molecule has 0 aromatic carbocycles. The second-order valence-electron chi connectivity index (χ2n) is 2.80. The van der Waals surface area contributed by atoms with Gasteiger partial charge in [0, 0.05) is 13.2 Å². The molecule has 1 aliphatic heterocycles. The van der Waals surface area contributed by atoms with Crippen LogP contribution in [0.25, 0.3) is 0 Å². The largest absolute Gasteiger partial charge is 0.450 e. The van der Waals surface area contributed by atoms with E-state index in [-0.39, 0.29) is 19.6 Å². The van der Waals surface area contributed by atoms with Gasteiger partial charge in [-0.15, -0.1) is 0 Å². The Kier molecular flexibility index (Phi) is 3.21. The van der Waals surface area contributed by atoms with E-state index in [1.807, 2.05) is 0 Å². The number of nitrogens with one attached hydrogen (secondary N) is 1. The van der Waals surface area contributed by atoms with Gasteiger partial charge in [-0.1, -0.05) is 0 Å². The maximum absolute atomic E-state index is 11.1. The topological polar surface area (TPSA) is 102 Å². The van der Waals surface area contributed by atoms with Crippen LogP contribution >= 0.6 is 0 Å². The molecule has 6 nitrogen and oxygen atoms in total. The maximum atomic E-state index is 11.1. The zero-order valence-electron chi connectivity index (χ0n) is 7.03. The number of hydrogen-bond donors (Lipinski definition) is 3. The first kappa shape index (κ1) is 9.94. The number of cyclic esters (lactones) is 1. The van der Waals surface area contributed by atoms with Crippen LogP contribution in [-0.2, 0) is 14.3 Å². The van der Waals surface area contributed by atoms with E-state index in [1.165, 1.54) is 0 Å². The zero-order chi connectivity index (χ0) is 9.84.